The molecule has 2 rings (SSSR count). The first-order valence-corrected chi connectivity index (χ1v) is 7.46. The number of amides is 1. The van der Waals surface area contributed by atoms with Crippen LogP contribution in [0.4, 0.5) is 24.5 Å². The zero-order valence-electron chi connectivity index (χ0n) is 12.7. The number of anilines is 1. The fraction of sp³-hybridized carbons (Fsp3) is 0.125. The van der Waals surface area contributed by atoms with Gasteiger partial charge in [-0.15, -0.1) is 24.8 Å². The first-order chi connectivity index (χ1) is 11.8. The van der Waals surface area contributed by atoms with Crippen molar-refractivity contribution < 1.29 is 22.7 Å². The summed E-state index contributed by atoms with van der Waals surface area (Å²) >= 11 is 5.55. The van der Waals surface area contributed by atoms with E-state index in [0.29, 0.717) is 16.9 Å². The number of alkyl halides is 4. The van der Waals surface area contributed by atoms with Gasteiger partial charge in [0, 0.05) is 11.3 Å². The van der Waals surface area contributed by atoms with Crippen LogP contribution in [0.5, 0.6) is 5.75 Å². The molecular weight excluding hydrogens is 359 g/mol. The van der Waals surface area contributed by atoms with Crippen molar-refractivity contribution >= 4 is 34.7 Å². The van der Waals surface area contributed by atoms with E-state index in [0.717, 1.165) is 12.1 Å². The first-order valence-electron chi connectivity index (χ1n) is 6.93. The third-order valence-corrected chi connectivity index (χ3v) is 3.14. The highest BCUT2D eigenvalue weighted by Crippen LogP contribution is 2.24. The topological polar surface area (TPSA) is 76.7 Å². The molecule has 2 aromatic rings. The van der Waals surface area contributed by atoms with Gasteiger partial charge in [-0.1, -0.05) is 6.07 Å². The average Bonchev–Trinajstić information content (AvgIpc) is 2.55. The molecule has 1 amide bonds. The number of nitrogens with one attached hydrogen (secondary N) is 1. The van der Waals surface area contributed by atoms with E-state index in [1.54, 1.807) is 18.2 Å². The lowest BCUT2D eigenvalue weighted by atomic mass is 10.2. The maximum atomic E-state index is 12.2. The normalized spacial score (nSPS) is 11.9. The van der Waals surface area contributed by atoms with Gasteiger partial charge in [-0.2, -0.15) is 0 Å². The van der Waals surface area contributed by atoms with Gasteiger partial charge in [0.15, 0.2) is 0 Å². The van der Waals surface area contributed by atoms with E-state index in [2.05, 4.69) is 15.0 Å². The van der Waals surface area contributed by atoms with Gasteiger partial charge in [0.2, 0.25) is 0 Å². The van der Waals surface area contributed by atoms with E-state index in [4.69, 9.17) is 17.3 Å². The number of nitrogens with two attached hydrogens (primary N) is 1. The second-order valence-electron chi connectivity index (χ2n) is 4.81. The Kier molecular flexibility index (Phi) is 5.87. The van der Waals surface area contributed by atoms with Crippen molar-refractivity contribution in [2.45, 2.75) is 6.36 Å². The van der Waals surface area contributed by atoms with Crippen molar-refractivity contribution in [3.05, 3.63) is 54.1 Å². The van der Waals surface area contributed by atoms with Gasteiger partial charge in [-0.25, -0.2) is 4.99 Å². The van der Waals surface area contributed by atoms with E-state index in [1.807, 2.05) is 0 Å². The number of ether oxygens (including phenoxy) is 1. The molecule has 0 bridgehead atoms. The number of nitrogens with zero attached hydrogens (tertiary/aromatic N) is 1. The van der Waals surface area contributed by atoms with Crippen LogP contribution in [-0.2, 0) is 0 Å². The zero-order valence-corrected chi connectivity index (χ0v) is 13.4. The lowest BCUT2D eigenvalue weighted by Gasteiger charge is -2.10. The van der Waals surface area contributed by atoms with Crippen molar-refractivity contribution in [1.82, 2.24) is 0 Å². The Labute approximate surface area is 146 Å². The standard InChI is InChI=1S/C16H13ClF3N3O2/c17-9-14(21)22-12-3-1-2-10(8-12)15(24)23-11-4-6-13(7-5-11)25-16(18,19)20/h1-8H,9H2,(H2,21,22)(H,23,24). The Balaban J connectivity index is 2.08. The number of aliphatic imine (C=N–C) groups is 1. The lowest BCUT2D eigenvalue weighted by Crippen LogP contribution is -2.17. The quantitative estimate of drug-likeness (QED) is 0.472. The largest absolute Gasteiger partial charge is 0.573 e. The molecule has 0 saturated heterocycles. The number of rotatable bonds is 5. The molecule has 3 N–H and O–H groups in total. The van der Waals surface area contributed by atoms with Crippen LogP contribution in [0.25, 0.3) is 0 Å². The minimum atomic E-state index is -4.77. The van der Waals surface area contributed by atoms with Crippen LogP contribution in [0, 0.1) is 0 Å². The molecule has 9 heteroatoms. The van der Waals surface area contributed by atoms with Crippen LogP contribution in [0.2, 0.25) is 0 Å². The zero-order chi connectivity index (χ0) is 18.4. The molecule has 0 unspecified atom stereocenters. The number of benzene rings is 2. The summed E-state index contributed by atoms with van der Waals surface area (Å²) in [5, 5.41) is 2.56. The van der Waals surface area contributed by atoms with E-state index in [1.165, 1.54) is 18.2 Å². The number of amidine groups is 1. The Morgan fingerprint density at radius 3 is 2.48 bits per heavy atom. The van der Waals surface area contributed by atoms with Gasteiger partial charge in [-0.05, 0) is 42.5 Å². The summed E-state index contributed by atoms with van der Waals surface area (Å²) < 4.78 is 40.1. The molecule has 0 aromatic heterocycles. The summed E-state index contributed by atoms with van der Waals surface area (Å²) in [6, 6.07) is 11.1. The highest BCUT2D eigenvalue weighted by Gasteiger charge is 2.30. The second kappa shape index (κ2) is 7.89. The molecule has 0 spiro atoms. The Hall–Kier alpha value is -2.74. The van der Waals surface area contributed by atoms with Gasteiger partial charge in [0.1, 0.15) is 11.6 Å². The van der Waals surface area contributed by atoms with E-state index in [-0.39, 0.29) is 17.5 Å². The van der Waals surface area contributed by atoms with Crippen LogP contribution in [-0.4, -0.2) is 24.0 Å². The fourth-order valence-electron chi connectivity index (χ4n) is 1.86. The first kappa shape index (κ1) is 18.6. The third kappa shape index (κ3) is 6.00. The van der Waals surface area contributed by atoms with Crippen LogP contribution >= 0.6 is 11.6 Å². The van der Waals surface area contributed by atoms with Crippen LogP contribution in [0.1, 0.15) is 10.4 Å². The minimum absolute atomic E-state index is 0.0583. The predicted octanol–water partition coefficient (Wildman–Crippen LogP) is 4.07. The van der Waals surface area contributed by atoms with Crippen LogP contribution in [0.15, 0.2) is 53.5 Å². The van der Waals surface area contributed by atoms with E-state index >= 15 is 0 Å². The molecule has 0 heterocycles. The molecule has 0 aliphatic heterocycles. The summed E-state index contributed by atoms with van der Waals surface area (Å²) in [6.07, 6.45) is -4.77. The summed E-state index contributed by atoms with van der Waals surface area (Å²) in [5.74, 6) is -0.563. The molecule has 132 valence electrons. The monoisotopic (exact) mass is 371 g/mol. The number of hydrogen-bond acceptors (Lipinski definition) is 3. The van der Waals surface area contributed by atoms with Crippen LogP contribution < -0.4 is 15.8 Å². The number of hydrogen-bond donors (Lipinski definition) is 2. The van der Waals surface area contributed by atoms with Crippen molar-refractivity contribution in [3.63, 3.8) is 0 Å². The molecule has 2 aromatic carbocycles. The Morgan fingerprint density at radius 2 is 1.88 bits per heavy atom. The molecule has 25 heavy (non-hydrogen) atoms. The molecular formula is C16H13ClF3N3O2. The van der Waals surface area contributed by atoms with Gasteiger partial charge in [0.25, 0.3) is 5.91 Å². The van der Waals surface area contributed by atoms with Crippen molar-refractivity contribution in [3.8, 4) is 5.75 Å². The molecule has 0 aliphatic carbocycles. The highest BCUT2D eigenvalue weighted by atomic mass is 35.5. The predicted molar refractivity (Wildman–Crippen MR) is 89.5 cm³/mol. The molecule has 5 nitrogen and oxygen atoms in total. The van der Waals surface area contributed by atoms with E-state index in [9.17, 15) is 18.0 Å². The maximum Gasteiger partial charge on any atom is 0.573 e. The number of carbonyl (C=O) groups excluding carboxylic acids is 1. The van der Waals surface area contributed by atoms with Crippen molar-refractivity contribution in [1.29, 1.82) is 0 Å². The fourth-order valence-corrected chi connectivity index (χ4v) is 1.92. The Morgan fingerprint density at radius 1 is 1.20 bits per heavy atom. The van der Waals surface area contributed by atoms with Crippen molar-refractivity contribution in [2.75, 3.05) is 11.2 Å². The lowest BCUT2D eigenvalue weighted by molar-refractivity contribution is -0.274. The summed E-state index contributed by atoms with van der Waals surface area (Å²) in [7, 11) is 0. The van der Waals surface area contributed by atoms with E-state index < -0.39 is 12.3 Å². The Bertz CT molecular complexity index is 777. The number of halogens is 4. The average molecular weight is 372 g/mol. The molecule has 0 atom stereocenters. The summed E-state index contributed by atoms with van der Waals surface area (Å²) in [6.45, 7) is 0. The van der Waals surface area contributed by atoms with Gasteiger partial charge < -0.3 is 15.8 Å². The van der Waals surface area contributed by atoms with Gasteiger partial charge in [-0.3, -0.25) is 4.79 Å². The number of carbonyl (C=O) groups is 1. The van der Waals surface area contributed by atoms with Crippen molar-refractivity contribution in [2.24, 2.45) is 10.7 Å². The molecule has 0 saturated carbocycles. The summed E-state index contributed by atoms with van der Waals surface area (Å²) in [4.78, 5) is 16.2. The molecule has 0 fully saturated rings. The summed E-state index contributed by atoms with van der Waals surface area (Å²) in [5.41, 5.74) is 6.61. The van der Waals surface area contributed by atoms with Gasteiger partial charge >= 0.3 is 6.36 Å². The van der Waals surface area contributed by atoms with Crippen LogP contribution in [0.3, 0.4) is 0 Å². The molecule has 0 aliphatic rings. The minimum Gasteiger partial charge on any atom is -0.406 e. The SMILES string of the molecule is NC(CCl)=Nc1cccc(C(=O)Nc2ccc(OC(F)(F)F)cc2)c1. The maximum absolute atomic E-state index is 12.2. The smallest absolute Gasteiger partial charge is 0.406 e. The highest BCUT2D eigenvalue weighted by molar-refractivity contribution is 6.28. The second-order valence-corrected chi connectivity index (χ2v) is 5.08. The molecule has 0 radical (unpaired) electrons. The third-order valence-electron chi connectivity index (χ3n) is 2.86. The van der Waals surface area contributed by atoms with Gasteiger partial charge in [0.05, 0.1) is 11.6 Å².